The van der Waals surface area contributed by atoms with Crippen LogP contribution in [0.3, 0.4) is 0 Å². The minimum atomic E-state index is -0.905. The molecule has 5 heteroatoms. The Bertz CT molecular complexity index is 695. The maximum atomic E-state index is 13.1. The molecule has 0 amide bonds. The number of nitrogens with one attached hydrogen (secondary N) is 1. The summed E-state index contributed by atoms with van der Waals surface area (Å²) in [4.78, 5) is 11.4. The summed E-state index contributed by atoms with van der Waals surface area (Å²) in [5.74, 6) is -1.30. The molecule has 1 N–H and O–H groups in total. The van der Waals surface area contributed by atoms with Crippen molar-refractivity contribution in [3.8, 4) is 11.5 Å². The molecule has 2 heterocycles. The number of fused-ring (bicyclic) bond motifs is 1. The average Bonchev–Trinajstić information content (AvgIpc) is 2.73. The molecule has 18 heavy (non-hydrogen) atoms. The van der Waals surface area contributed by atoms with Gasteiger partial charge in [0.15, 0.2) is 17.5 Å². The number of benzene rings is 1. The van der Waals surface area contributed by atoms with Crippen molar-refractivity contribution in [3.05, 3.63) is 47.7 Å². The Morgan fingerprint density at radius 1 is 1.06 bits per heavy atom. The number of H-pyrrole nitrogens is 1. The monoisotopic (exact) mass is 245 g/mol. The Morgan fingerprint density at radius 2 is 1.83 bits per heavy atom. The normalized spacial score (nSPS) is 11.1. The molecule has 1 aromatic carbocycles. The lowest BCUT2D eigenvalue weighted by molar-refractivity contribution is 0.510. The minimum absolute atomic E-state index is 0.382. The summed E-state index contributed by atoms with van der Waals surface area (Å²) in [5.41, 5.74) is 2.33. The van der Waals surface area contributed by atoms with Gasteiger partial charge in [0.2, 0.25) is 0 Å². The van der Waals surface area contributed by atoms with E-state index in [1.165, 1.54) is 0 Å². The zero-order valence-electron chi connectivity index (χ0n) is 9.54. The number of nitrogens with zero attached hydrogens (tertiary/aromatic N) is 2. The van der Waals surface area contributed by atoms with Crippen LogP contribution in [-0.2, 0) is 0 Å². The van der Waals surface area contributed by atoms with Crippen LogP contribution in [0.1, 0.15) is 5.69 Å². The number of hydrogen-bond acceptors (Lipinski definition) is 2. The second-order valence-corrected chi connectivity index (χ2v) is 4.03. The molecule has 0 atom stereocenters. The van der Waals surface area contributed by atoms with Crippen LogP contribution in [0.2, 0.25) is 0 Å². The minimum Gasteiger partial charge on any atom is -0.337 e. The standard InChI is InChI=1S/C13H9F2N3/c1-7-3-2-4-10(16-7)13-17-11-5-8(14)9(15)6-12(11)18-13/h2-6H,1H3,(H,17,18). The van der Waals surface area contributed by atoms with E-state index in [0.29, 0.717) is 22.6 Å². The molecule has 3 rings (SSSR count). The van der Waals surface area contributed by atoms with Crippen molar-refractivity contribution in [1.82, 2.24) is 15.0 Å². The van der Waals surface area contributed by atoms with E-state index < -0.39 is 11.6 Å². The van der Waals surface area contributed by atoms with Crippen LogP contribution in [-0.4, -0.2) is 15.0 Å². The first-order valence-corrected chi connectivity index (χ1v) is 5.42. The van der Waals surface area contributed by atoms with Crippen LogP contribution >= 0.6 is 0 Å². The molecule has 0 bridgehead atoms. The zero-order chi connectivity index (χ0) is 12.7. The van der Waals surface area contributed by atoms with E-state index in [1.54, 1.807) is 6.07 Å². The first-order chi connectivity index (χ1) is 8.63. The first-order valence-electron chi connectivity index (χ1n) is 5.42. The Morgan fingerprint density at radius 3 is 2.61 bits per heavy atom. The van der Waals surface area contributed by atoms with Crippen LogP contribution in [0, 0.1) is 18.6 Å². The Hall–Kier alpha value is -2.30. The molecule has 0 aliphatic heterocycles. The van der Waals surface area contributed by atoms with Crippen LogP contribution < -0.4 is 0 Å². The van der Waals surface area contributed by atoms with Crippen molar-refractivity contribution in [2.45, 2.75) is 6.92 Å². The molecule has 0 aliphatic rings. The second-order valence-electron chi connectivity index (χ2n) is 4.03. The van der Waals surface area contributed by atoms with Crippen LogP contribution in [0.25, 0.3) is 22.6 Å². The van der Waals surface area contributed by atoms with Gasteiger partial charge in [0, 0.05) is 17.8 Å². The molecule has 0 aliphatic carbocycles. The van der Waals surface area contributed by atoms with Gasteiger partial charge in [-0.3, -0.25) is 0 Å². The molecule has 0 saturated heterocycles. The molecule has 0 fully saturated rings. The van der Waals surface area contributed by atoms with Gasteiger partial charge < -0.3 is 4.98 Å². The Labute approximate surface area is 102 Å². The predicted molar refractivity (Wildman–Crippen MR) is 64.0 cm³/mol. The summed E-state index contributed by atoms with van der Waals surface area (Å²) in [6.45, 7) is 1.87. The highest BCUT2D eigenvalue weighted by Gasteiger charge is 2.10. The van der Waals surface area contributed by atoms with E-state index in [-0.39, 0.29) is 0 Å². The molecule has 90 valence electrons. The summed E-state index contributed by atoms with van der Waals surface area (Å²) in [6.07, 6.45) is 0. The highest BCUT2D eigenvalue weighted by atomic mass is 19.2. The summed E-state index contributed by atoms with van der Waals surface area (Å²) in [6, 6.07) is 7.67. The molecule has 3 nitrogen and oxygen atoms in total. The predicted octanol–water partition coefficient (Wildman–Crippen LogP) is 3.21. The maximum absolute atomic E-state index is 13.1. The molecule has 2 aromatic heterocycles. The SMILES string of the molecule is Cc1cccc(-c2nc3cc(F)c(F)cc3[nH]2)n1. The van der Waals surface area contributed by atoms with Crippen molar-refractivity contribution >= 4 is 11.0 Å². The fourth-order valence-corrected chi connectivity index (χ4v) is 1.80. The maximum Gasteiger partial charge on any atom is 0.161 e. The van der Waals surface area contributed by atoms with E-state index in [9.17, 15) is 8.78 Å². The van der Waals surface area contributed by atoms with Crippen molar-refractivity contribution in [2.75, 3.05) is 0 Å². The van der Waals surface area contributed by atoms with Crippen molar-refractivity contribution < 1.29 is 8.78 Å². The lowest BCUT2D eigenvalue weighted by atomic mass is 10.3. The number of rotatable bonds is 1. The lowest BCUT2D eigenvalue weighted by Crippen LogP contribution is -1.87. The fourth-order valence-electron chi connectivity index (χ4n) is 1.80. The van der Waals surface area contributed by atoms with Gasteiger partial charge in [-0.15, -0.1) is 0 Å². The van der Waals surface area contributed by atoms with Gasteiger partial charge in [-0.2, -0.15) is 0 Å². The molecule has 0 unspecified atom stereocenters. The van der Waals surface area contributed by atoms with E-state index in [1.807, 2.05) is 19.1 Å². The topological polar surface area (TPSA) is 41.6 Å². The number of aromatic amines is 1. The van der Waals surface area contributed by atoms with Crippen LogP contribution in [0.15, 0.2) is 30.3 Å². The first kappa shape index (κ1) is 10.8. The Kier molecular flexibility index (Phi) is 2.33. The van der Waals surface area contributed by atoms with E-state index >= 15 is 0 Å². The van der Waals surface area contributed by atoms with Gasteiger partial charge in [0.05, 0.1) is 11.0 Å². The average molecular weight is 245 g/mol. The molecule has 0 spiro atoms. The van der Waals surface area contributed by atoms with Gasteiger partial charge in [0.25, 0.3) is 0 Å². The smallest absolute Gasteiger partial charge is 0.161 e. The largest absolute Gasteiger partial charge is 0.337 e. The Balaban J connectivity index is 2.19. The molecule has 3 aromatic rings. The van der Waals surface area contributed by atoms with Gasteiger partial charge in [-0.25, -0.2) is 18.7 Å². The summed E-state index contributed by atoms with van der Waals surface area (Å²) in [7, 11) is 0. The molecular formula is C13H9F2N3. The molecular weight excluding hydrogens is 236 g/mol. The number of pyridine rings is 1. The van der Waals surface area contributed by atoms with Gasteiger partial charge >= 0.3 is 0 Å². The fraction of sp³-hybridized carbons (Fsp3) is 0.0769. The quantitative estimate of drug-likeness (QED) is 0.715. The highest BCUT2D eigenvalue weighted by molar-refractivity contribution is 5.78. The zero-order valence-corrected chi connectivity index (χ0v) is 9.54. The summed E-state index contributed by atoms with van der Waals surface area (Å²) in [5, 5.41) is 0. The molecule has 0 saturated carbocycles. The van der Waals surface area contributed by atoms with E-state index in [0.717, 1.165) is 17.8 Å². The second kappa shape index (κ2) is 3.87. The van der Waals surface area contributed by atoms with Crippen molar-refractivity contribution in [1.29, 1.82) is 0 Å². The highest BCUT2D eigenvalue weighted by Crippen LogP contribution is 2.21. The third-order valence-electron chi connectivity index (χ3n) is 2.65. The van der Waals surface area contributed by atoms with Gasteiger partial charge in [-0.05, 0) is 19.1 Å². The lowest BCUT2D eigenvalue weighted by Gasteiger charge is -1.96. The number of hydrogen-bond donors (Lipinski definition) is 1. The van der Waals surface area contributed by atoms with Crippen LogP contribution in [0.5, 0.6) is 0 Å². The number of aryl methyl sites for hydroxylation is 1. The van der Waals surface area contributed by atoms with E-state index in [2.05, 4.69) is 15.0 Å². The van der Waals surface area contributed by atoms with Gasteiger partial charge in [-0.1, -0.05) is 6.07 Å². The summed E-state index contributed by atoms with van der Waals surface area (Å²) < 4.78 is 26.2. The van der Waals surface area contributed by atoms with Crippen molar-refractivity contribution in [2.24, 2.45) is 0 Å². The van der Waals surface area contributed by atoms with Crippen LogP contribution in [0.4, 0.5) is 8.78 Å². The third-order valence-corrected chi connectivity index (χ3v) is 2.65. The van der Waals surface area contributed by atoms with Gasteiger partial charge in [0.1, 0.15) is 5.69 Å². The summed E-state index contributed by atoms with van der Waals surface area (Å²) >= 11 is 0. The third kappa shape index (κ3) is 1.73. The van der Waals surface area contributed by atoms with Crippen molar-refractivity contribution in [3.63, 3.8) is 0 Å². The molecule has 0 radical (unpaired) electrons. The number of halogens is 2. The van der Waals surface area contributed by atoms with E-state index in [4.69, 9.17) is 0 Å². The number of imidazole rings is 1. The number of aromatic nitrogens is 3.